The van der Waals surface area contributed by atoms with Crippen LogP contribution in [0.3, 0.4) is 0 Å². The molecule has 0 spiro atoms. The normalized spacial score (nSPS) is 31.8. The summed E-state index contributed by atoms with van der Waals surface area (Å²) >= 11 is 0. The highest BCUT2D eigenvalue weighted by Gasteiger charge is 2.68. The maximum absolute atomic E-state index is 12.5. The molecule has 5 unspecified atom stereocenters. The van der Waals surface area contributed by atoms with Crippen molar-refractivity contribution in [2.24, 2.45) is 17.8 Å². The van der Waals surface area contributed by atoms with Crippen LogP contribution >= 0.6 is 0 Å². The molecule has 0 radical (unpaired) electrons. The lowest BCUT2D eigenvalue weighted by Crippen LogP contribution is -2.59. The number of hydrogen-bond donors (Lipinski definition) is 3. The summed E-state index contributed by atoms with van der Waals surface area (Å²) in [7, 11) is 0. The SMILES string of the molecule is CCC(C)C1(C(=O)O)NC(c2cc3ccccc3o2)C2C(=O)NC(=O)C21. The number of rotatable bonds is 4. The van der Waals surface area contributed by atoms with Crippen molar-refractivity contribution in [2.45, 2.75) is 31.8 Å². The topological polar surface area (TPSA) is 109 Å². The van der Waals surface area contributed by atoms with Gasteiger partial charge in [0, 0.05) is 5.39 Å². The summed E-state index contributed by atoms with van der Waals surface area (Å²) in [5.74, 6) is -3.77. The fourth-order valence-corrected chi connectivity index (χ4v) is 4.45. The van der Waals surface area contributed by atoms with Crippen molar-refractivity contribution in [3.05, 3.63) is 36.1 Å². The zero-order valence-corrected chi connectivity index (χ0v) is 14.5. The van der Waals surface area contributed by atoms with E-state index >= 15 is 0 Å². The van der Waals surface area contributed by atoms with E-state index in [1.54, 1.807) is 13.0 Å². The molecule has 2 amide bonds. The van der Waals surface area contributed by atoms with Gasteiger partial charge in [0.1, 0.15) is 16.9 Å². The van der Waals surface area contributed by atoms with Crippen molar-refractivity contribution in [1.82, 2.24) is 10.6 Å². The Morgan fingerprint density at radius 2 is 2.04 bits per heavy atom. The van der Waals surface area contributed by atoms with E-state index in [-0.39, 0.29) is 5.92 Å². The number of imide groups is 1. The molecule has 136 valence electrons. The van der Waals surface area contributed by atoms with E-state index < -0.39 is 41.2 Å². The molecular weight excluding hydrogens is 336 g/mol. The first-order valence-corrected chi connectivity index (χ1v) is 8.74. The molecule has 2 fully saturated rings. The number of carbonyl (C=O) groups is 3. The monoisotopic (exact) mass is 356 g/mol. The number of para-hydroxylation sites is 1. The van der Waals surface area contributed by atoms with Crippen LogP contribution in [0.1, 0.15) is 32.1 Å². The molecule has 2 saturated heterocycles. The molecule has 1 aromatic carbocycles. The lowest BCUT2D eigenvalue weighted by molar-refractivity contribution is -0.152. The van der Waals surface area contributed by atoms with Crippen LogP contribution in [0.2, 0.25) is 0 Å². The standard InChI is InChI=1S/C19H20N2O5/c1-3-9(2)19(18(24)25)14-13(16(22)20-17(14)23)15(21-19)12-8-10-6-4-5-7-11(10)26-12/h4-9,13-15,21H,3H2,1-2H3,(H,24,25)(H,20,22,23). The van der Waals surface area contributed by atoms with Crippen LogP contribution in [0.4, 0.5) is 0 Å². The number of aliphatic carboxylic acids is 1. The highest BCUT2D eigenvalue weighted by Crippen LogP contribution is 2.50. The second kappa shape index (κ2) is 5.67. The lowest BCUT2D eigenvalue weighted by atomic mass is 9.72. The third-order valence-electron chi connectivity index (χ3n) is 5.93. The molecule has 7 nitrogen and oxygen atoms in total. The van der Waals surface area contributed by atoms with E-state index in [2.05, 4.69) is 10.6 Å². The predicted octanol–water partition coefficient (Wildman–Crippen LogP) is 1.84. The number of carboxylic acids is 1. The molecule has 2 aliphatic rings. The lowest BCUT2D eigenvalue weighted by Gasteiger charge is -2.35. The average Bonchev–Trinajstić information content (AvgIpc) is 3.27. The molecule has 5 atom stereocenters. The third-order valence-corrected chi connectivity index (χ3v) is 5.93. The Morgan fingerprint density at radius 1 is 1.31 bits per heavy atom. The zero-order chi connectivity index (χ0) is 18.6. The fourth-order valence-electron chi connectivity index (χ4n) is 4.45. The number of benzene rings is 1. The summed E-state index contributed by atoms with van der Waals surface area (Å²) in [5, 5.41) is 16.3. The van der Waals surface area contributed by atoms with Gasteiger partial charge in [-0.25, -0.2) is 0 Å². The fraction of sp³-hybridized carbons (Fsp3) is 0.421. The summed E-state index contributed by atoms with van der Waals surface area (Å²) < 4.78 is 5.88. The summed E-state index contributed by atoms with van der Waals surface area (Å²) in [6.07, 6.45) is 0.552. The minimum Gasteiger partial charge on any atom is -0.480 e. The van der Waals surface area contributed by atoms with E-state index in [0.717, 1.165) is 5.39 Å². The van der Waals surface area contributed by atoms with Gasteiger partial charge in [-0.15, -0.1) is 0 Å². The minimum atomic E-state index is -1.51. The van der Waals surface area contributed by atoms with Gasteiger partial charge >= 0.3 is 5.97 Å². The molecule has 26 heavy (non-hydrogen) atoms. The van der Waals surface area contributed by atoms with Gasteiger partial charge in [-0.2, -0.15) is 0 Å². The van der Waals surface area contributed by atoms with Crippen molar-refractivity contribution in [3.63, 3.8) is 0 Å². The Kier molecular flexibility index (Phi) is 3.66. The van der Waals surface area contributed by atoms with Gasteiger partial charge in [-0.05, 0) is 18.1 Å². The number of carbonyl (C=O) groups excluding carboxylic acids is 2. The Morgan fingerprint density at radius 3 is 2.69 bits per heavy atom. The molecule has 7 heteroatoms. The Bertz CT molecular complexity index is 887. The molecule has 4 rings (SSSR count). The number of nitrogens with one attached hydrogen (secondary N) is 2. The predicted molar refractivity (Wildman–Crippen MR) is 92.0 cm³/mol. The summed E-state index contributed by atoms with van der Waals surface area (Å²) in [5.41, 5.74) is -0.860. The van der Waals surface area contributed by atoms with Crippen LogP contribution in [-0.4, -0.2) is 28.4 Å². The first-order valence-electron chi connectivity index (χ1n) is 8.74. The van der Waals surface area contributed by atoms with Crippen molar-refractivity contribution in [1.29, 1.82) is 0 Å². The molecular formula is C19H20N2O5. The second-order valence-electron chi connectivity index (χ2n) is 7.15. The smallest absolute Gasteiger partial charge is 0.325 e. The highest BCUT2D eigenvalue weighted by molar-refractivity contribution is 6.09. The van der Waals surface area contributed by atoms with Crippen molar-refractivity contribution in [3.8, 4) is 0 Å². The molecule has 1 aromatic heterocycles. The number of amides is 2. The second-order valence-corrected chi connectivity index (χ2v) is 7.15. The van der Waals surface area contributed by atoms with Crippen LogP contribution in [0, 0.1) is 17.8 Å². The molecule has 0 bridgehead atoms. The van der Waals surface area contributed by atoms with Gasteiger partial charge in [0.05, 0.1) is 17.9 Å². The molecule has 2 aliphatic heterocycles. The molecule has 0 saturated carbocycles. The highest BCUT2D eigenvalue weighted by atomic mass is 16.4. The number of furan rings is 1. The van der Waals surface area contributed by atoms with Gasteiger partial charge in [0.25, 0.3) is 0 Å². The van der Waals surface area contributed by atoms with Crippen LogP contribution in [0.15, 0.2) is 34.7 Å². The maximum atomic E-state index is 12.5. The van der Waals surface area contributed by atoms with E-state index in [4.69, 9.17) is 4.42 Å². The Hall–Kier alpha value is -2.67. The van der Waals surface area contributed by atoms with Crippen LogP contribution in [0.25, 0.3) is 11.0 Å². The zero-order valence-electron chi connectivity index (χ0n) is 14.5. The quantitative estimate of drug-likeness (QED) is 0.721. The summed E-state index contributed by atoms with van der Waals surface area (Å²) in [4.78, 5) is 37.3. The van der Waals surface area contributed by atoms with Gasteiger partial charge in [0.2, 0.25) is 11.8 Å². The third kappa shape index (κ3) is 2.07. The van der Waals surface area contributed by atoms with Crippen molar-refractivity contribution >= 4 is 28.8 Å². The van der Waals surface area contributed by atoms with Crippen molar-refractivity contribution in [2.75, 3.05) is 0 Å². The molecule has 3 N–H and O–H groups in total. The van der Waals surface area contributed by atoms with E-state index in [9.17, 15) is 19.5 Å². The molecule has 2 aromatic rings. The summed E-state index contributed by atoms with van der Waals surface area (Å²) in [6.45, 7) is 3.66. The van der Waals surface area contributed by atoms with Gasteiger partial charge in [-0.3, -0.25) is 25.0 Å². The van der Waals surface area contributed by atoms with E-state index in [0.29, 0.717) is 17.8 Å². The van der Waals surface area contributed by atoms with Crippen LogP contribution in [-0.2, 0) is 14.4 Å². The van der Waals surface area contributed by atoms with Gasteiger partial charge in [0.15, 0.2) is 0 Å². The van der Waals surface area contributed by atoms with Crippen LogP contribution in [0.5, 0.6) is 0 Å². The van der Waals surface area contributed by atoms with Crippen molar-refractivity contribution < 1.29 is 23.9 Å². The maximum Gasteiger partial charge on any atom is 0.325 e. The number of hydrogen-bond acceptors (Lipinski definition) is 5. The molecule has 0 aliphatic carbocycles. The number of fused-ring (bicyclic) bond motifs is 2. The first kappa shape index (κ1) is 16.8. The largest absolute Gasteiger partial charge is 0.480 e. The first-order chi connectivity index (χ1) is 12.4. The van der Waals surface area contributed by atoms with Gasteiger partial charge in [-0.1, -0.05) is 38.5 Å². The van der Waals surface area contributed by atoms with E-state index in [1.807, 2.05) is 31.2 Å². The Labute approximate surface area is 149 Å². The van der Waals surface area contributed by atoms with E-state index in [1.165, 1.54) is 0 Å². The molecule has 3 heterocycles. The van der Waals surface area contributed by atoms with Gasteiger partial charge < -0.3 is 9.52 Å². The number of carboxylic acid groups (broad SMARTS) is 1. The summed E-state index contributed by atoms with van der Waals surface area (Å²) in [6, 6.07) is 8.53. The minimum absolute atomic E-state index is 0.349. The van der Waals surface area contributed by atoms with Crippen LogP contribution < -0.4 is 10.6 Å². The Balaban J connectivity index is 1.87. The average molecular weight is 356 g/mol.